The van der Waals surface area contributed by atoms with Gasteiger partial charge in [0.25, 0.3) is 0 Å². The molecule has 0 bridgehead atoms. The van der Waals surface area contributed by atoms with Crippen molar-refractivity contribution in [3.63, 3.8) is 0 Å². The van der Waals surface area contributed by atoms with Crippen molar-refractivity contribution in [1.29, 1.82) is 0 Å². The van der Waals surface area contributed by atoms with Gasteiger partial charge in [-0.1, -0.05) is 48.4 Å². The van der Waals surface area contributed by atoms with Crippen molar-refractivity contribution in [3.8, 4) is 0 Å². The molecule has 0 amide bonds. The Morgan fingerprint density at radius 3 is 2.79 bits per heavy atom. The summed E-state index contributed by atoms with van der Waals surface area (Å²) in [6, 6.07) is 5.89. The minimum Gasteiger partial charge on any atom is -0.299 e. The smallest absolute Gasteiger partial charge is 0.166 e. The van der Waals surface area contributed by atoms with E-state index < -0.39 is 0 Å². The summed E-state index contributed by atoms with van der Waals surface area (Å²) >= 11 is 3.16. The van der Waals surface area contributed by atoms with Crippen LogP contribution in [0.4, 0.5) is 0 Å². The van der Waals surface area contributed by atoms with E-state index in [0.29, 0.717) is 6.42 Å². The normalized spacial score (nSPS) is 16.4. The van der Waals surface area contributed by atoms with Crippen LogP contribution in [0.5, 0.6) is 0 Å². The van der Waals surface area contributed by atoms with Crippen molar-refractivity contribution in [1.82, 2.24) is 4.98 Å². The Morgan fingerprint density at radius 1 is 1.21 bits per heavy atom. The van der Waals surface area contributed by atoms with Gasteiger partial charge in [-0.05, 0) is 31.4 Å². The fourth-order valence-corrected chi connectivity index (χ4v) is 5.92. The molecule has 150 valence electrons. The first-order chi connectivity index (χ1) is 14.1. The topological polar surface area (TPSA) is 59.4 Å². The van der Waals surface area contributed by atoms with E-state index in [2.05, 4.69) is 9.98 Å². The number of benzene rings is 1. The van der Waals surface area contributed by atoms with E-state index in [1.807, 2.05) is 43.6 Å². The molecule has 6 heteroatoms. The number of ketones is 2. The Morgan fingerprint density at radius 2 is 2.03 bits per heavy atom. The molecule has 29 heavy (non-hydrogen) atoms. The van der Waals surface area contributed by atoms with E-state index >= 15 is 0 Å². The van der Waals surface area contributed by atoms with Crippen LogP contribution in [0, 0.1) is 12.8 Å². The number of aryl methyl sites for hydroxylation is 1. The number of carbonyl (C=O) groups excluding carboxylic acids is 2. The zero-order chi connectivity index (χ0) is 20.2. The highest BCUT2D eigenvalue weighted by Gasteiger charge is 2.26. The van der Waals surface area contributed by atoms with Gasteiger partial charge < -0.3 is 0 Å². The van der Waals surface area contributed by atoms with Crippen LogP contribution in [0.3, 0.4) is 0 Å². The van der Waals surface area contributed by atoms with Crippen LogP contribution < -0.4 is 0 Å². The monoisotopic (exact) mass is 424 g/mol. The van der Waals surface area contributed by atoms with Gasteiger partial charge in [-0.2, -0.15) is 0 Å². The molecule has 0 saturated heterocycles. The summed E-state index contributed by atoms with van der Waals surface area (Å²) in [5, 5.41) is 1.88. The van der Waals surface area contributed by atoms with Crippen molar-refractivity contribution in [2.75, 3.05) is 0 Å². The maximum absolute atomic E-state index is 13.0. The molecular formula is C23H24N2O2S2. The molecule has 1 aromatic heterocycles. The van der Waals surface area contributed by atoms with Gasteiger partial charge >= 0.3 is 0 Å². The minimum atomic E-state index is 0.0973. The highest BCUT2D eigenvalue weighted by Crippen LogP contribution is 2.31. The van der Waals surface area contributed by atoms with Crippen LogP contribution >= 0.6 is 23.1 Å². The van der Waals surface area contributed by atoms with Crippen LogP contribution in [-0.2, 0) is 17.6 Å². The summed E-state index contributed by atoms with van der Waals surface area (Å²) in [4.78, 5) is 34.4. The van der Waals surface area contributed by atoms with E-state index in [0.717, 1.165) is 63.1 Å². The van der Waals surface area contributed by atoms with Crippen LogP contribution in [0.15, 0.2) is 45.9 Å². The fraction of sp³-hybridized carbons (Fsp3) is 0.391. The first-order valence-corrected chi connectivity index (χ1v) is 11.7. The largest absolute Gasteiger partial charge is 0.299 e. The Kier molecular flexibility index (Phi) is 6.40. The second-order valence-corrected chi connectivity index (χ2v) is 10.2. The summed E-state index contributed by atoms with van der Waals surface area (Å²) in [7, 11) is 0. The molecule has 0 unspecified atom stereocenters. The van der Waals surface area contributed by atoms with E-state index in [-0.39, 0.29) is 23.9 Å². The molecule has 2 aromatic rings. The van der Waals surface area contributed by atoms with Gasteiger partial charge in [0.2, 0.25) is 0 Å². The molecule has 1 aliphatic heterocycles. The molecular weight excluding hydrogens is 400 g/mol. The summed E-state index contributed by atoms with van der Waals surface area (Å²) in [5.41, 5.74) is 2.66. The summed E-state index contributed by atoms with van der Waals surface area (Å²) < 4.78 is 1.06. The number of rotatable bonds is 7. The standard InChI is InChI=1S/C23H24N2O2S2/c1-15-8-9-17(19(11-15)23(27)16-5-2-3-6-16)12-18(26)13-21-25-14-22(29-21)28-20-7-4-10-24-20/h4,8-11,14,16H,2-3,5-7,12-13H2,1H3. The molecule has 1 saturated carbocycles. The molecule has 1 aliphatic carbocycles. The molecule has 2 heterocycles. The third kappa shape index (κ3) is 5.11. The first kappa shape index (κ1) is 20.2. The maximum atomic E-state index is 13.0. The van der Waals surface area contributed by atoms with Crippen molar-refractivity contribution in [3.05, 3.63) is 58.4 Å². The lowest BCUT2D eigenvalue weighted by molar-refractivity contribution is -0.117. The predicted octanol–water partition coefficient (Wildman–Crippen LogP) is 5.59. The van der Waals surface area contributed by atoms with Gasteiger partial charge in [0.1, 0.15) is 10.8 Å². The van der Waals surface area contributed by atoms with Crippen molar-refractivity contribution < 1.29 is 9.59 Å². The Labute approximate surface area is 179 Å². The van der Waals surface area contributed by atoms with Gasteiger partial charge in [-0.15, -0.1) is 11.3 Å². The minimum absolute atomic E-state index is 0.0973. The van der Waals surface area contributed by atoms with Crippen molar-refractivity contribution in [2.24, 2.45) is 10.9 Å². The lowest BCUT2D eigenvalue weighted by Gasteiger charge is -2.13. The molecule has 4 rings (SSSR count). The highest BCUT2D eigenvalue weighted by atomic mass is 32.2. The average molecular weight is 425 g/mol. The Balaban J connectivity index is 1.42. The third-order valence-corrected chi connectivity index (χ3v) is 7.47. The van der Waals surface area contributed by atoms with E-state index in [1.54, 1.807) is 23.1 Å². The number of thiazole rings is 1. The zero-order valence-electron chi connectivity index (χ0n) is 16.5. The molecule has 0 spiro atoms. The molecule has 0 N–H and O–H groups in total. The molecule has 1 aromatic carbocycles. The molecule has 0 radical (unpaired) electrons. The number of carbonyl (C=O) groups is 2. The molecule has 0 atom stereocenters. The summed E-state index contributed by atoms with van der Waals surface area (Å²) in [6.45, 7) is 2.00. The fourth-order valence-electron chi connectivity index (χ4n) is 3.87. The van der Waals surface area contributed by atoms with Gasteiger partial charge in [0, 0.05) is 30.5 Å². The van der Waals surface area contributed by atoms with Crippen LogP contribution in [0.1, 0.15) is 58.6 Å². The van der Waals surface area contributed by atoms with E-state index in [4.69, 9.17) is 0 Å². The van der Waals surface area contributed by atoms with Crippen LogP contribution in [0.2, 0.25) is 0 Å². The lowest BCUT2D eigenvalue weighted by atomic mass is 9.90. The number of thioether (sulfide) groups is 1. The van der Waals surface area contributed by atoms with Crippen molar-refractivity contribution >= 4 is 39.7 Å². The third-order valence-electron chi connectivity index (χ3n) is 5.36. The molecule has 2 aliphatic rings. The van der Waals surface area contributed by atoms with Gasteiger partial charge in [0.05, 0.1) is 21.9 Å². The van der Waals surface area contributed by atoms with Crippen LogP contribution in [0.25, 0.3) is 0 Å². The zero-order valence-corrected chi connectivity index (χ0v) is 18.2. The van der Waals surface area contributed by atoms with E-state index in [9.17, 15) is 9.59 Å². The number of allylic oxidation sites excluding steroid dienone is 1. The second kappa shape index (κ2) is 9.18. The Bertz CT molecular complexity index is 985. The Hall–Kier alpha value is -2.05. The lowest BCUT2D eigenvalue weighted by Crippen LogP contribution is -2.16. The number of hydrogen-bond acceptors (Lipinski definition) is 6. The highest BCUT2D eigenvalue weighted by molar-refractivity contribution is 8.15. The average Bonchev–Trinajstić information content (AvgIpc) is 3.46. The predicted molar refractivity (Wildman–Crippen MR) is 119 cm³/mol. The second-order valence-electron chi connectivity index (χ2n) is 7.69. The number of Topliss-reactive ketones (excluding diaryl/α,β-unsaturated/α-hetero) is 2. The van der Waals surface area contributed by atoms with Crippen molar-refractivity contribution in [2.45, 2.75) is 56.1 Å². The van der Waals surface area contributed by atoms with E-state index in [1.165, 1.54) is 0 Å². The quantitative estimate of drug-likeness (QED) is 0.544. The molecule has 4 nitrogen and oxygen atoms in total. The first-order valence-electron chi connectivity index (χ1n) is 10.1. The number of aromatic nitrogens is 1. The van der Waals surface area contributed by atoms with Crippen LogP contribution in [-0.4, -0.2) is 21.6 Å². The number of aliphatic imine (C=N–C) groups is 1. The number of nitrogens with zero attached hydrogens (tertiary/aromatic N) is 2. The van der Waals surface area contributed by atoms with Gasteiger partial charge in [-0.25, -0.2) is 4.98 Å². The SMILES string of the molecule is Cc1ccc(CC(=O)Cc2ncc(SC3=NC=CC3)s2)c(C(=O)C2CCCC2)c1. The molecule has 1 fully saturated rings. The number of hydrogen-bond donors (Lipinski definition) is 0. The van der Waals surface area contributed by atoms with Gasteiger partial charge in [-0.3, -0.25) is 14.6 Å². The maximum Gasteiger partial charge on any atom is 0.166 e. The summed E-state index contributed by atoms with van der Waals surface area (Å²) in [6.07, 6.45) is 11.3. The van der Waals surface area contributed by atoms with Gasteiger partial charge in [0.15, 0.2) is 5.78 Å². The summed E-state index contributed by atoms with van der Waals surface area (Å²) in [5.74, 6) is 0.435.